The lowest BCUT2D eigenvalue weighted by Crippen LogP contribution is -2.22. The van der Waals surface area contributed by atoms with E-state index in [-0.39, 0.29) is 18.0 Å². The topological polar surface area (TPSA) is 76.5 Å². The summed E-state index contributed by atoms with van der Waals surface area (Å²) in [4.78, 5) is 6.20. The average Bonchev–Trinajstić information content (AvgIpc) is 3.01. The molecule has 0 aliphatic carbocycles. The number of rotatable bonds is 8. The third-order valence-corrected chi connectivity index (χ3v) is 6.95. The van der Waals surface area contributed by atoms with Gasteiger partial charge in [-0.1, -0.05) is 0 Å². The maximum Gasteiger partial charge on any atom is 0.573 e. The molecular weight excluding hydrogens is 500 g/mol. The van der Waals surface area contributed by atoms with E-state index in [4.69, 9.17) is 11.8 Å². The van der Waals surface area contributed by atoms with Gasteiger partial charge in [0.25, 0.3) is 0 Å². The summed E-state index contributed by atoms with van der Waals surface area (Å²) in [7, 11) is -1.09. The number of benzene rings is 1. The van der Waals surface area contributed by atoms with Gasteiger partial charge in [0.05, 0.1) is 6.54 Å². The number of ether oxygens (including phenoxy) is 1. The Morgan fingerprint density at radius 2 is 1.97 bits per heavy atom. The maximum absolute atomic E-state index is 14.5. The van der Waals surface area contributed by atoms with Crippen molar-refractivity contribution in [2.45, 2.75) is 24.7 Å². The first kappa shape index (κ1) is 25.9. The van der Waals surface area contributed by atoms with Gasteiger partial charge in [0.2, 0.25) is 10.0 Å². The van der Waals surface area contributed by atoms with Crippen molar-refractivity contribution in [2.24, 2.45) is 0 Å². The largest absolute Gasteiger partial charge is 0.573 e. The Hall–Kier alpha value is -2.67. The van der Waals surface area contributed by atoms with Crippen LogP contribution in [-0.2, 0) is 16.6 Å². The fraction of sp³-hybridized carbons (Fsp3) is 0.286. The normalized spacial score (nSPS) is 13.1. The van der Waals surface area contributed by atoms with E-state index < -0.39 is 28.0 Å². The second-order valence-corrected chi connectivity index (χ2v) is 9.88. The fourth-order valence-corrected chi connectivity index (χ4v) is 4.47. The van der Waals surface area contributed by atoms with E-state index in [0.29, 0.717) is 27.7 Å². The van der Waals surface area contributed by atoms with Gasteiger partial charge in [0.15, 0.2) is 0 Å². The molecule has 184 valence electrons. The summed E-state index contributed by atoms with van der Waals surface area (Å²) in [5, 5.41) is 0.309. The zero-order chi connectivity index (χ0) is 25.3. The van der Waals surface area contributed by atoms with E-state index in [1.54, 1.807) is 11.5 Å². The van der Waals surface area contributed by atoms with Gasteiger partial charge in [-0.05, 0) is 49.0 Å². The van der Waals surface area contributed by atoms with Crippen LogP contribution in [0.25, 0.3) is 22.0 Å². The molecule has 3 aromatic rings. The molecule has 0 aliphatic rings. The quantitative estimate of drug-likeness (QED) is 0.342. The molecule has 0 unspecified atom stereocenters. The first-order valence-electron chi connectivity index (χ1n) is 9.79. The van der Waals surface area contributed by atoms with Crippen LogP contribution in [0.4, 0.5) is 17.6 Å². The Bertz CT molecular complexity index is 1340. The van der Waals surface area contributed by atoms with Gasteiger partial charge in [0.1, 0.15) is 16.5 Å². The molecule has 2 aromatic heterocycles. The van der Waals surface area contributed by atoms with Crippen molar-refractivity contribution in [3.05, 3.63) is 54.3 Å². The molecule has 7 nitrogen and oxygen atoms in total. The van der Waals surface area contributed by atoms with Gasteiger partial charge in [-0.15, -0.1) is 13.2 Å². The highest BCUT2D eigenvalue weighted by Crippen LogP contribution is 2.38. The van der Waals surface area contributed by atoms with Gasteiger partial charge in [0, 0.05) is 60.8 Å². The van der Waals surface area contributed by atoms with E-state index in [9.17, 15) is 26.0 Å². The van der Waals surface area contributed by atoms with Crippen LogP contribution in [0.15, 0.2) is 53.5 Å². The van der Waals surface area contributed by atoms with Crippen LogP contribution >= 0.6 is 11.8 Å². The van der Waals surface area contributed by atoms with Crippen molar-refractivity contribution in [1.82, 2.24) is 18.7 Å². The molecule has 0 spiro atoms. The SMILES string of the molecule is Cc1c(-c2cncc(S(=O)(=O)N(C)C)c2)c2cc(OC(F)(F)F)ccc2n1C/C(F)=C/CNCl. The number of sulfonamides is 1. The average molecular weight is 521 g/mol. The summed E-state index contributed by atoms with van der Waals surface area (Å²) in [6.07, 6.45) is -1.12. The monoisotopic (exact) mass is 520 g/mol. The summed E-state index contributed by atoms with van der Waals surface area (Å²) >= 11 is 5.37. The summed E-state index contributed by atoms with van der Waals surface area (Å²) in [6.45, 7) is 1.50. The molecule has 0 radical (unpaired) electrons. The van der Waals surface area contributed by atoms with E-state index in [0.717, 1.165) is 10.4 Å². The number of allylic oxidation sites excluding steroid dienone is 1. The van der Waals surface area contributed by atoms with Crippen LogP contribution < -0.4 is 9.57 Å². The highest BCUT2D eigenvalue weighted by atomic mass is 35.5. The van der Waals surface area contributed by atoms with Crippen LogP contribution in [0.5, 0.6) is 5.75 Å². The molecule has 1 N–H and O–H groups in total. The van der Waals surface area contributed by atoms with Crippen molar-refractivity contribution < 1.29 is 30.7 Å². The molecule has 0 bridgehead atoms. The number of aromatic nitrogens is 2. The molecule has 3 rings (SSSR count). The second kappa shape index (κ2) is 9.90. The number of nitrogens with zero attached hydrogens (tertiary/aromatic N) is 3. The lowest BCUT2D eigenvalue weighted by atomic mass is 10.0. The third kappa shape index (κ3) is 5.52. The first-order chi connectivity index (χ1) is 15.8. The minimum absolute atomic E-state index is 0.0659. The van der Waals surface area contributed by atoms with Crippen molar-refractivity contribution in [2.75, 3.05) is 20.6 Å². The lowest BCUT2D eigenvalue weighted by molar-refractivity contribution is -0.274. The van der Waals surface area contributed by atoms with Gasteiger partial charge in [-0.3, -0.25) is 4.98 Å². The molecule has 0 fully saturated rings. The maximum atomic E-state index is 14.5. The predicted molar refractivity (Wildman–Crippen MR) is 121 cm³/mol. The number of fused-ring (bicyclic) bond motifs is 1. The highest BCUT2D eigenvalue weighted by Gasteiger charge is 2.31. The zero-order valence-electron chi connectivity index (χ0n) is 18.3. The predicted octanol–water partition coefficient (Wildman–Crippen LogP) is 4.76. The Morgan fingerprint density at radius 1 is 1.26 bits per heavy atom. The second-order valence-electron chi connectivity index (χ2n) is 7.46. The van der Waals surface area contributed by atoms with Crippen molar-refractivity contribution in [1.29, 1.82) is 0 Å². The lowest BCUT2D eigenvalue weighted by Gasteiger charge is -2.12. The van der Waals surface area contributed by atoms with Crippen LogP contribution in [0.1, 0.15) is 5.69 Å². The van der Waals surface area contributed by atoms with Gasteiger partial charge in [-0.25, -0.2) is 21.9 Å². The Morgan fingerprint density at radius 3 is 2.59 bits per heavy atom. The molecular formula is C21H21ClF4N4O3S. The minimum Gasteiger partial charge on any atom is -0.406 e. The van der Waals surface area contributed by atoms with Gasteiger partial charge in [-0.2, -0.15) is 0 Å². The molecule has 0 atom stereocenters. The van der Waals surface area contributed by atoms with E-state index in [1.165, 1.54) is 50.8 Å². The zero-order valence-corrected chi connectivity index (χ0v) is 19.9. The van der Waals surface area contributed by atoms with Crippen LogP contribution in [-0.4, -0.2) is 49.3 Å². The number of nitrogens with one attached hydrogen (secondary N) is 1. The molecule has 0 saturated carbocycles. The fourth-order valence-electron chi connectivity index (χ4n) is 3.50. The summed E-state index contributed by atoms with van der Waals surface area (Å²) in [5.41, 5.74) is 1.64. The van der Waals surface area contributed by atoms with E-state index in [1.807, 2.05) is 0 Å². The minimum atomic E-state index is -4.91. The number of halogens is 5. The van der Waals surface area contributed by atoms with Gasteiger partial charge >= 0.3 is 6.36 Å². The Labute approximate surface area is 198 Å². The molecule has 0 aliphatic heterocycles. The van der Waals surface area contributed by atoms with Crippen molar-refractivity contribution >= 4 is 32.7 Å². The molecule has 13 heteroatoms. The van der Waals surface area contributed by atoms with Crippen molar-refractivity contribution in [3.63, 3.8) is 0 Å². The Balaban J connectivity index is 2.26. The highest BCUT2D eigenvalue weighted by molar-refractivity contribution is 7.89. The molecule has 0 amide bonds. The molecule has 2 heterocycles. The van der Waals surface area contributed by atoms with Crippen LogP contribution in [0.2, 0.25) is 0 Å². The summed E-state index contributed by atoms with van der Waals surface area (Å²) < 4.78 is 84.7. The number of hydrogen-bond acceptors (Lipinski definition) is 5. The smallest absolute Gasteiger partial charge is 0.406 e. The first-order valence-corrected chi connectivity index (χ1v) is 11.6. The standard InChI is InChI=1S/C21H21ClF4N4O3S/c1-13-20(14-8-17(11-27-10-14)34(31,32)29(2)3)18-9-16(33-21(24,25)26)4-5-19(18)30(13)12-15(23)6-7-28-22/h4-6,8-11,28H,7,12H2,1-3H3/b15-6-. The Kier molecular flexibility index (Phi) is 7.56. The number of pyridine rings is 1. The van der Waals surface area contributed by atoms with E-state index >= 15 is 0 Å². The molecule has 0 saturated heterocycles. The number of alkyl halides is 3. The van der Waals surface area contributed by atoms with E-state index in [2.05, 4.69) is 14.6 Å². The van der Waals surface area contributed by atoms with Gasteiger partial charge < -0.3 is 9.30 Å². The van der Waals surface area contributed by atoms with Crippen molar-refractivity contribution in [3.8, 4) is 16.9 Å². The number of hydrogen-bond donors (Lipinski definition) is 1. The summed E-state index contributed by atoms with van der Waals surface area (Å²) in [6, 6.07) is 5.06. The third-order valence-electron chi connectivity index (χ3n) is 5.02. The molecule has 34 heavy (non-hydrogen) atoms. The summed E-state index contributed by atoms with van der Waals surface area (Å²) in [5.74, 6) is -0.997. The van der Waals surface area contributed by atoms with Crippen LogP contribution in [0, 0.1) is 6.92 Å². The molecule has 1 aromatic carbocycles. The van der Waals surface area contributed by atoms with Crippen LogP contribution in [0.3, 0.4) is 0 Å².